The van der Waals surface area contributed by atoms with Crippen molar-refractivity contribution < 1.29 is 4.74 Å². The molecule has 1 aromatic carbocycles. The van der Waals surface area contributed by atoms with Crippen molar-refractivity contribution in [1.82, 2.24) is 9.78 Å². The van der Waals surface area contributed by atoms with E-state index in [1.54, 1.807) is 0 Å². The number of rotatable bonds is 3. The smallest absolute Gasteiger partial charge is 0.166 e. The van der Waals surface area contributed by atoms with Gasteiger partial charge in [-0.05, 0) is 35.0 Å². The minimum absolute atomic E-state index is 0.766. The van der Waals surface area contributed by atoms with E-state index in [0.717, 1.165) is 27.7 Å². The van der Waals surface area contributed by atoms with Gasteiger partial charge in [0.2, 0.25) is 0 Å². The van der Waals surface area contributed by atoms with Crippen LogP contribution in [-0.4, -0.2) is 9.78 Å². The van der Waals surface area contributed by atoms with Crippen molar-refractivity contribution in [3.63, 3.8) is 0 Å². The molecule has 0 aliphatic rings. The summed E-state index contributed by atoms with van der Waals surface area (Å²) in [6, 6.07) is 3.96. The molecule has 0 bridgehead atoms. The first kappa shape index (κ1) is 10.2. The van der Waals surface area contributed by atoms with E-state index in [9.17, 15) is 0 Å². The van der Waals surface area contributed by atoms with Gasteiger partial charge >= 0.3 is 0 Å². The van der Waals surface area contributed by atoms with Gasteiger partial charge in [-0.15, -0.1) is 0 Å². The quantitative estimate of drug-likeness (QED) is 0.797. The third-order valence-electron chi connectivity index (χ3n) is 2.21. The molecule has 4 heteroatoms. The van der Waals surface area contributed by atoms with Crippen molar-refractivity contribution in [2.75, 3.05) is 0 Å². The van der Waals surface area contributed by atoms with Crippen LogP contribution in [0.15, 0.2) is 35.6 Å². The fourth-order valence-corrected chi connectivity index (χ4v) is 1.97. The molecule has 1 aromatic heterocycles. The largest absolute Gasteiger partial charge is 0.462 e. The minimum atomic E-state index is 0.766. The molecular formula is C11H11BrN2O. The van der Waals surface area contributed by atoms with Gasteiger partial charge in [0, 0.05) is 11.9 Å². The Morgan fingerprint density at radius 1 is 1.60 bits per heavy atom. The van der Waals surface area contributed by atoms with Crippen molar-refractivity contribution in [1.29, 1.82) is 0 Å². The fourth-order valence-electron chi connectivity index (χ4n) is 1.56. The van der Waals surface area contributed by atoms with Crippen LogP contribution in [-0.2, 0) is 6.54 Å². The molecule has 2 rings (SSSR count). The Morgan fingerprint density at radius 2 is 2.40 bits per heavy atom. The molecule has 0 N–H and O–H groups in total. The summed E-state index contributed by atoms with van der Waals surface area (Å²) in [7, 11) is 0. The molecule has 78 valence electrons. The molecule has 15 heavy (non-hydrogen) atoms. The normalized spacial score (nSPS) is 10.5. The number of hydrogen-bond donors (Lipinski definition) is 0. The summed E-state index contributed by atoms with van der Waals surface area (Å²) in [4.78, 5) is 0. The summed E-state index contributed by atoms with van der Waals surface area (Å²) >= 11 is 3.45. The van der Waals surface area contributed by atoms with E-state index in [4.69, 9.17) is 4.74 Å². The van der Waals surface area contributed by atoms with Crippen LogP contribution >= 0.6 is 15.9 Å². The van der Waals surface area contributed by atoms with E-state index in [-0.39, 0.29) is 0 Å². The Hall–Kier alpha value is -1.29. The van der Waals surface area contributed by atoms with E-state index in [2.05, 4.69) is 27.6 Å². The number of fused-ring (bicyclic) bond motifs is 1. The molecule has 0 aliphatic carbocycles. The van der Waals surface area contributed by atoms with Crippen LogP contribution in [0.5, 0.6) is 5.75 Å². The van der Waals surface area contributed by atoms with Gasteiger partial charge in [-0.25, -0.2) is 0 Å². The highest BCUT2D eigenvalue weighted by Gasteiger charge is 2.11. The summed E-state index contributed by atoms with van der Waals surface area (Å²) in [5.74, 6) is 0.766. The number of halogens is 1. The predicted octanol–water partition coefficient (Wildman–Crippen LogP) is 3.34. The highest BCUT2D eigenvalue weighted by molar-refractivity contribution is 9.10. The molecule has 0 saturated heterocycles. The zero-order valence-electron chi connectivity index (χ0n) is 8.40. The van der Waals surface area contributed by atoms with E-state index >= 15 is 0 Å². The number of hydrogen-bond acceptors (Lipinski definition) is 2. The SMILES string of the molecule is C=COc1c(Br)ccc2cnn(CC)c12. The highest BCUT2D eigenvalue weighted by atomic mass is 79.9. The lowest BCUT2D eigenvalue weighted by Crippen LogP contribution is -1.97. The molecule has 3 nitrogen and oxygen atoms in total. The third kappa shape index (κ3) is 1.65. The Labute approximate surface area is 96.5 Å². The lowest BCUT2D eigenvalue weighted by molar-refractivity contribution is 0.481. The first-order valence-corrected chi connectivity index (χ1v) is 5.48. The van der Waals surface area contributed by atoms with Crippen LogP contribution in [0.3, 0.4) is 0 Å². The van der Waals surface area contributed by atoms with Gasteiger partial charge in [-0.2, -0.15) is 5.10 Å². The minimum Gasteiger partial charge on any atom is -0.462 e. The second kappa shape index (κ2) is 4.06. The molecule has 0 radical (unpaired) electrons. The van der Waals surface area contributed by atoms with E-state index < -0.39 is 0 Å². The van der Waals surface area contributed by atoms with Gasteiger partial charge in [0.25, 0.3) is 0 Å². The second-order valence-electron chi connectivity index (χ2n) is 3.06. The van der Waals surface area contributed by atoms with Crippen LogP contribution in [0.1, 0.15) is 6.92 Å². The number of nitrogens with zero attached hydrogens (tertiary/aromatic N) is 2. The van der Waals surface area contributed by atoms with Crippen molar-refractivity contribution in [2.24, 2.45) is 0 Å². The van der Waals surface area contributed by atoms with E-state index in [1.807, 2.05) is 29.9 Å². The number of aromatic nitrogens is 2. The van der Waals surface area contributed by atoms with Crippen molar-refractivity contribution >= 4 is 26.8 Å². The molecule has 2 aromatic rings. The summed E-state index contributed by atoms with van der Waals surface area (Å²) in [5, 5.41) is 5.35. The summed E-state index contributed by atoms with van der Waals surface area (Å²) in [6.45, 7) is 6.43. The van der Waals surface area contributed by atoms with Gasteiger partial charge in [0.05, 0.1) is 16.9 Å². The summed E-state index contributed by atoms with van der Waals surface area (Å²) < 4.78 is 8.22. The van der Waals surface area contributed by atoms with Crippen molar-refractivity contribution in [3.8, 4) is 5.75 Å². The molecule has 0 amide bonds. The zero-order chi connectivity index (χ0) is 10.8. The molecule has 0 saturated carbocycles. The maximum atomic E-state index is 5.41. The molecule has 1 heterocycles. The van der Waals surface area contributed by atoms with Crippen LogP contribution in [0.25, 0.3) is 10.9 Å². The van der Waals surface area contributed by atoms with Crippen LogP contribution < -0.4 is 4.74 Å². The number of aryl methyl sites for hydroxylation is 1. The fraction of sp³-hybridized carbons (Fsp3) is 0.182. The molecule has 0 aliphatic heterocycles. The molecule has 0 fully saturated rings. The van der Waals surface area contributed by atoms with E-state index in [0.29, 0.717) is 0 Å². The highest BCUT2D eigenvalue weighted by Crippen LogP contribution is 2.33. The average molecular weight is 267 g/mol. The van der Waals surface area contributed by atoms with Gasteiger partial charge in [-0.3, -0.25) is 4.68 Å². The Kier molecular flexibility index (Phi) is 2.77. The number of benzene rings is 1. The predicted molar refractivity (Wildman–Crippen MR) is 63.9 cm³/mol. The summed E-state index contributed by atoms with van der Waals surface area (Å²) in [5.41, 5.74) is 0.992. The number of ether oxygens (including phenoxy) is 1. The van der Waals surface area contributed by atoms with Gasteiger partial charge in [-0.1, -0.05) is 6.58 Å². The van der Waals surface area contributed by atoms with Gasteiger partial charge < -0.3 is 4.74 Å². The van der Waals surface area contributed by atoms with Crippen LogP contribution in [0.4, 0.5) is 0 Å². The van der Waals surface area contributed by atoms with Crippen molar-refractivity contribution in [3.05, 3.63) is 35.6 Å². The summed E-state index contributed by atoms with van der Waals surface area (Å²) in [6.07, 6.45) is 3.26. The van der Waals surface area contributed by atoms with E-state index in [1.165, 1.54) is 6.26 Å². The monoisotopic (exact) mass is 266 g/mol. The average Bonchev–Trinajstić information content (AvgIpc) is 2.65. The van der Waals surface area contributed by atoms with Gasteiger partial charge in [0.15, 0.2) is 5.75 Å². The first-order chi connectivity index (χ1) is 7.27. The van der Waals surface area contributed by atoms with Crippen LogP contribution in [0, 0.1) is 0 Å². The van der Waals surface area contributed by atoms with Gasteiger partial charge in [0.1, 0.15) is 5.52 Å². The molecule has 0 atom stereocenters. The standard InChI is InChI=1S/C11H11BrN2O/c1-3-14-10-8(7-13-14)5-6-9(12)11(10)15-4-2/h4-7H,2-3H2,1H3. The molecule has 0 unspecified atom stereocenters. The Morgan fingerprint density at radius 3 is 3.07 bits per heavy atom. The maximum Gasteiger partial charge on any atom is 0.166 e. The maximum absolute atomic E-state index is 5.41. The van der Waals surface area contributed by atoms with Crippen molar-refractivity contribution in [2.45, 2.75) is 13.5 Å². The molecular weight excluding hydrogens is 256 g/mol. The third-order valence-corrected chi connectivity index (χ3v) is 2.83. The topological polar surface area (TPSA) is 27.1 Å². The van der Waals surface area contributed by atoms with Crippen LogP contribution in [0.2, 0.25) is 0 Å². The Balaban J connectivity index is 2.76. The second-order valence-corrected chi connectivity index (χ2v) is 3.91. The first-order valence-electron chi connectivity index (χ1n) is 4.69. The molecule has 0 spiro atoms. The lowest BCUT2D eigenvalue weighted by atomic mass is 10.2. The Bertz CT molecular complexity index is 505. The zero-order valence-corrected chi connectivity index (χ0v) is 9.99. The lowest BCUT2D eigenvalue weighted by Gasteiger charge is -2.07.